The lowest BCUT2D eigenvalue weighted by Gasteiger charge is -2.07. The summed E-state index contributed by atoms with van der Waals surface area (Å²) < 4.78 is 12.4. The van der Waals surface area contributed by atoms with E-state index in [-0.39, 0.29) is 12.4 Å². The van der Waals surface area contributed by atoms with Gasteiger partial charge in [-0.25, -0.2) is 4.98 Å². The van der Waals surface area contributed by atoms with E-state index in [1.807, 2.05) is 23.7 Å². The molecule has 0 aliphatic heterocycles. The van der Waals surface area contributed by atoms with Crippen molar-refractivity contribution in [1.29, 1.82) is 0 Å². The number of imidazole rings is 1. The Bertz CT molecular complexity index is 468. The predicted molar refractivity (Wildman–Crippen MR) is 61.1 cm³/mol. The van der Waals surface area contributed by atoms with Crippen molar-refractivity contribution in [1.82, 2.24) is 9.55 Å². The van der Waals surface area contributed by atoms with Crippen LogP contribution in [0.1, 0.15) is 0 Å². The summed E-state index contributed by atoms with van der Waals surface area (Å²) in [5, 5.41) is 0. The Kier molecular flexibility index (Phi) is 3.42. The molecule has 2 aromatic rings. The Labute approximate surface area is 94.2 Å². The van der Waals surface area contributed by atoms with Gasteiger partial charge in [-0.15, -0.1) is 12.4 Å². The van der Waals surface area contributed by atoms with Crippen molar-refractivity contribution in [2.24, 2.45) is 7.05 Å². The average Bonchev–Trinajstić information content (AvgIpc) is 2.59. The number of methoxy groups -OCH3 is 2. The Morgan fingerprint density at radius 3 is 2.53 bits per heavy atom. The molecule has 0 spiro atoms. The molecule has 0 amide bonds. The van der Waals surface area contributed by atoms with Crippen molar-refractivity contribution >= 4 is 23.4 Å². The van der Waals surface area contributed by atoms with Crippen molar-refractivity contribution in [3.63, 3.8) is 0 Å². The van der Waals surface area contributed by atoms with E-state index >= 15 is 0 Å². The molecule has 0 N–H and O–H groups in total. The van der Waals surface area contributed by atoms with E-state index < -0.39 is 0 Å². The third-order valence-electron chi connectivity index (χ3n) is 2.24. The minimum absolute atomic E-state index is 0. The molecule has 4 nitrogen and oxygen atoms in total. The summed E-state index contributed by atoms with van der Waals surface area (Å²) in [5.74, 6) is 1.39. The van der Waals surface area contributed by atoms with E-state index in [0.717, 1.165) is 11.0 Å². The minimum atomic E-state index is 0. The second kappa shape index (κ2) is 4.40. The van der Waals surface area contributed by atoms with Crippen LogP contribution in [0, 0.1) is 0 Å². The maximum absolute atomic E-state index is 5.26. The Morgan fingerprint density at radius 2 is 1.93 bits per heavy atom. The molecule has 0 atom stereocenters. The Balaban J connectivity index is 0.00000112. The fourth-order valence-corrected chi connectivity index (χ4v) is 1.52. The molecule has 82 valence electrons. The van der Waals surface area contributed by atoms with Gasteiger partial charge in [-0.3, -0.25) is 0 Å². The zero-order chi connectivity index (χ0) is 10.1. The molecule has 0 saturated heterocycles. The van der Waals surface area contributed by atoms with Crippen molar-refractivity contribution in [2.75, 3.05) is 14.2 Å². The summed E-state index contributed by atoms with van der Waals surface area (Å²) in [6.45, 7) is 0. The molecule has 0 unspecified atom stereocenters. The first-order valence-corrected chi connectivity index (χ1v) is 4.30. The highest BCUT2D eigenvalue weighted by atomic mass is 35.5. The molecule has 0 aliphatic carbocycles. The smallest absolute Gasteiger partial charge is 0.188 e. The molecule has 0 radical (unpaired) electrons. The second-order valence-corrected chi connectivity index (χ2v) is 3.02. The van der Waals surface area contributed by atoms with E-state index in [1.54, 1.807) is 20.5 Å². The largest absolute Gasteiger partial charge is 0.493 e. The molecule has 1 heterocycles. The zero-order valence-corrected chi connectivity index (χ0v) is 9.67. The van der Waals surface area contributed by atoms with Crippen molar-refractivity contribution in [3.8, 4) is 11.5 Å². The molecule has 0 aliphatic rings. The Hall–Kier alpha value is -1.42. The van der Waals surface area contributed by atoms with E-state index in [0.29, 0.717) is 11.5 Å². The van der Waals surface area contributed by atoms with Crippen LogP contribution in [0.4, 0.5) is 0 Å². The third-order valence-corrected chi connectivity index (χ3v) is 2.24. The van der Waals surface area contributed by atoms with E-state index in [4.69, 9.17) is 9.47 Å². The fourth-order valence-electron chi connectivity index (χ4n) is 1.52. The van der Waals surface area contributed by atoms with Crippen LogP contribution in [0.15, 0.2) is 18.5 Å². The van der Waals surface area contributed by atoms with Crippen LogP contribution in [0.25, 0.3) is 11.0 Å². The summed E-state index contributed by atoms with van der Waals surface area (Å²) in [6, 6.07) is 3.84. The number of aryl methyl sites for hydroxylation is 1. The minimum Gasteiger partial charge on any atom is -0.493 e. The van der Waals surface area contributed by atoms with Gasteiger partial charge in [0.2, 0.25) is 0 Å². The van der Waals surface area contributed by atoms with Gasteiger partial charge in [0.25, 0.3) is 0 Å². The van der Waals surface area contributed by atoms with Gasteiger partial charge in [0.1, 0.15) is 5.52 Å². The molecule has 0 fully saturated rings. The molecule has 1 aromatic carbocycles. The van der Waals surface area contributed by atoms with Crippen LogP contribution in [0.2, 0.25) is 0 Å². The van der Waals surface area contributed by atoms with Crippen LogP contribution in [0.3, 0.4) is 0 Å². The first-order chi connectivity index (χ1) is 6.77. The molecule has 15 heavy (non-hydrogen) atoms. The number of hydrogen-bond acceptors (Lipinski definition) is 3. The lowest BCUT2D eigenvalue weighted by atomic mass is 10.2. The van der Waals surface area contributed by atoms with Gasteiger partial charge < -0.3 is 14.0 Å². The number of nitrogens with zero attached hydrogens (tertiary/aromatic N) is 2. The molecular weight excluding hydrogens is 216 g/mol. The Morgan fingerprint density at radius 1 is 1.20 bits per heavy atom. The third kappa shape index (κ3) is 1.72. The lowest BCUT2D eigenvalue weighted by molar-refractivity contribution is 0.358. The first-order valence-electron chi connectivity index (χ1n) is 4.30. The van der Waals surface area contributed by atoms with Gasteiger partial charge >= 0.3 is 0 Å². The fraction of sp³-hybridized carbons (Fsp3) is 0.300. The quantitative estimate of drug-likeness (QED) is 0.789. The number of benzene rings is 1. The van der Waals surface area contributed by atoms with Crippen molar-refractivity contribution in [3.05, 3.63) is 18.5 Å². The highest BCUT2D eigenvalue weighted by Gasteiger charge is 2.11. The normalized spacial score (nSPS) is 9.80. The van der Waals surface area contributed by atoms with Gasteiger partial charge in [0, 0.05) is 7.05 Å². The molecule has 5 heteroatoms. The SMILES string of the molecule is COc1ccc2c(ncn2C)c1OC.Cl. The standard InChI is InChI=1S/C10H12N2O2.ClH/c1-12-6-11-9-7(12)4-5-8(13-2)10(9)14-3;/h4-6H,1-3H3;1H. The van der Waals surface area contributed by atoms with Crippen LogP contribution < -0.4 is 9.47 Å². The number of fused-ring (bicyclic) bond motifs is 1. The van der Waals surface area contributed by atoms with Gasteiger partial charge in [-0.1, -0.05) is 0 Å². The predicted octanol–water partition coefficient (Wildman–Crippen LogP) is 2.01. The van der Waals surface area contributed by atoms with Crippen molar-refractivity contribution in [2.45, 2.75) is 0 Å². The van der Waals surface area contributed by atoms with Crippen LogP contribution in [0.5, 0.6) is 11.5 Å². The van der Waals surface area contributed by atoms with Gasteiger partial charge in [0.05, 0.1) is 26.1 Å². The average molecular weight is 229 g/mol. The summed E-state index contributed by atoms with van der Waals surface area (Å²) in [6.07, 6.45) is 1.76. The highest BCUT2D eigenvalue weighted by molar-refractivity contribution is 5.85. The van der Waals surface area contributed by atoms with Crippen LogP contribution in [-0.2, 0) is 7.05 Å². The lowest BCUT2D eigenvalue weighted by Crippen LogP contribution is -1.92. The summed E-state index contributed by atoms with van der Waals surface area (Å²) in [7, 11) is 5.18. The van der Waals surface area contributed by atoms with Gasteiger partial charge in [-0.05, 0) is 12.1 Å². The summed E-state index contributed by atoms with van der Waals surface area (Å²) in [4.78, 5) is 4.26. The molecule has 0 saturated carbocycles. The number of hydrogen-bond donors (Lipinski definition) is 0. The number of aromatic nitrogens is 2. The van der Waals surface area contributed by atoms with E-state index in [9.17, 15) is 0 Å². The maximum Gasteiger partial charge on any atom is 0.188 e. The van der Waals surface area contributed by atoms with E-state index in [1.165, 1.54) is 0 Å². The molecule has 1 aromatic heterocycles. The number of ether oxygens (including phenoxy) is 2. The topological polar surface area (TPSA) is 36.3 Å². The monoisotopic (exact) mass is 228 g/mol. The van der Waals surface area contributed by atoms with E-state index in [2.05, 4.69) is 4.98 Å². The summed E-state index contributed by atoms with van der Waals surface area (Å²) in [5.41, 5.74) is 1.86. The van der Waals surface area contributed by atoms with Gasteiger partial charge in [0.15, 0.2) is 11.5 Å². The second-order valence-electron chi connectivity index (χ2n) is 3.02. The maximum atomic E-state index is 5.26. The first kappa shape index (κ1) is 11.7. The summed E-state index contributed by atoms with van der Waals surface area (Å²) >= 11 is 0. The molecular formula is C10H13ClN2O2. The highest BCUT2D eigenvalue weighted by Crippen LogP contribution is 2.33. The zero-order valence-electron chi connectivity index (χ0n) is 8.85. The van der Waals surface area contributed by atoms with Crippen LogP contribution >= 0.6 is 12.4 Å². The van der Waals surface area contributed by atoms with Crippen molar-refractivity contribution < 1.29 is 9.47 Å². The molecule has 2 rings (SSSR count). The molecule has 0 bridgehead atoms. The number of halogens is 1. The van der Waals surface area contributed by atoms with Crippen LogP contribution in [-0.4, -0.2) is 23.8 Å². The van der Waals surface area contributed by atoms with Gasteiger partial charge in [-0.2, -0.15) is 0 Å². The number of rotatable bonds is 2.